The van der Waals surface area contributed by atoms with Gasteiger partial charge >= 0.3 is 0 Å². The SMILES string of the molecule is O=C1NN(c2ccccc2)C(=O)/C1=C\c1ccc(OCc2ccccc2F)c(I)c1. The number of carbonyl (C=O) groups excluding carboxylic acids is 2. The number of amides is 2. The average molecular weight is 514 g/mol. The molecule has 5 nitrogen and oxygen atoms in total. The van der Waals surface area contributed by atoms with Crippen molar-refractivity contribution in [3.05, 3.63) is 98.9 Å². The molecule has 1 N–H and O–H groups in total. The quantitative estimate of drug-likeness (QED) is 0.311. The van der Waals surface area contributed by atoms with Crippen LogP contribution in [0.3, 0.4) is 0 Å². The zero-order chi connectivity index (χ0) is 21.1. The molecule has 30 heavy (non-hydrogen) atoms. The van der Waals surface area contributed by atoms with Crippen LogP contribution < -0.4 is 15.2 Å². The van der Waals surface area contributed by atoms with Crippen LogP contribution in [0.4, 0.5) is 10.1 Å². The van der Waals surface area contributed by atoms with Gasteiger partial charge in [-0.15, -0.1) is 0 Å². The fourth-order valence-corrected chi connectivity index (χ4v) is 3.67. The van der Waals surface area contributed by atoms with Gasteiger partial charge < -0.3 is 4.74 Å². The number of hydrogen-bond donors (Lipinski definition) is 1. The molecule has 7 heteroatoms. The first kappa shape index (κ1) is 20.1. The fourth-order valence-electron chi connectivity index (χ4n) is 2.98. The molecule has 0 aromatic heterocycles. The van der Waals surface area contributed by atoms with Crippen LogP contribution in [-0.4, -0.2) is 11.8 Å². The lowest BCUT2D eigenvalue weighted by Gasteiger charge is -2.13. The van der Waals surface area contributed by atoms with Crippen molar-refractivity contribution in [2.45, 2.75) is 6.61 Å². The molecule has 1 aliphatic rings. The maximum Gasteiger partial charge on any atom is 0.282 e. The largest absolute Gasteiger partial charge is 0.488 e. The number of rotatable bonds is 5. The first-order valence-corrected chi connectivity index (χ1v) is 10.2. The molecule has 0 spiro atoms. The van der Waals surface area contributed by atoms with E-state index in [0.29, 0.717) is 22.6 Å². The van der Waals surface area contributed by atoms with E-state index in [1.807, 2.05) is 6.07 Å². The van der Waals surface area contributed by atoms with E-state index in [0.717, 1.165) is 3.57 Å². The third-order valence-electron chi connectivity index (χ3n) is 4.51. The van der Waals surface area contributed by atoms with Crippen molar-refractivity contribution < 1.29 is 18.7 Å². The second kappa shape index (κ2) is 8.66. The third kappa shape index (κ3) is 4.20. The normalized spacial score (nSPS) is 14.9. The molecule has 0 aliphatic carbocycles. The topological polar surface area (TPSA) is 58.6 Å². The summed E-state index contributed by atoms with van der Waals surface area (Å²) in [5.41, 5.74) is 4.37. The van der Waals surface area contributed by atoms with Gasteiger partial charge in [-0.05, 0) is 64.6 Å². The molecule has 1 heterocycles. The molecule has 1 fully saturated rings. The highest BCUT2D eigenvalue weighted by Crippen LogP contribution is 2.26. The Morgan fingerprint density at radius 3 is 2.47 bits per heavy atom. The van der Waals surface area contributed by atoms with Crippen molar-refractivity contribution in [3.63, 3.8) is 0 Å². The van der Waals surface area contributed by atoms with Gasteiger partial charge in [0.2, 0.25) is 0 Å². The molecule has 0 atom stereocenters. The number of hydrazine groups is 1. The Morgan fingerprint density at radius 2 is 1.73 bits per heavy atom. The van der Waals surface area contributed by atoms with Crippen LogP contribution in [0.15, 0.2) is 78.4 Å². The molecule has 1 aliphatic heterocycles. The van der Waals surface area contributed by atoms with Crippen molar-refractivity contribution in [1.82, 2.24) is 5.43 Å². The van der Waals surface area contributed by atoms with Crippen LogP contribution in [0.1, 0.15) is 11.1 Å². The summed E-state index contributed by atoms with van der Waals surface area (Å²) in [5.74, 6) is -0.600. The third-order valence-corrected chi connectivity index (χ3v) is 5.36. The number of para-hydroxylation sites is 1. The van der Waals surface area contributed by atoms with E-state index in [2.05, 4.69) is 28.0 Å². The maximum atomic E-state index is 13.7. The van der Waals surface area contributed by atoms with Crippen LogP contribution >= 0.6 is 22.6 Å². The zero-order valence-electron chi connectivity index (χ0n) is 15.6. The van der Waals surface area contributed by atoms with Gasteiger partial charge in [0, 0.05) is 5.56 Å². The van der Waals surface area contributed by atoms with Gasteiger partial charge in [0.25, 0.3) is 11.8 Å². The molecular formula is C23H16FIN2O3. The smallest absolute Gasteiger partial charge is 0.282 e. The number of hydrogen-bond acceptors (Lipinski definition) is 3. The number of nitrogens with one attached hydrogen (secondary N) is 1. The summed E-state index contributed by atoms with van der Waals surface area (Å²) in [4.78, 5) is 25.0. The van der Waals surface area contributed by atoms with Gasteiger partial charge in [0.15, 0.2) is 0 Å². The molecule has 2 amide bonds. The van der Waals surface area contributed by atoms with Crippen molar-refractivity contribution in [2.24, 2.45) is 0 Å². The summed E-state index contributed by atoms with van der Waals surface area (Å²) in [6.45, 7) is 0.107. The van der Waals surface area contributed by atoms with E-state index >= 15 is 0 Å². The van der Waals surface area contributed by atoms with Crippen LogP contribution in [0, 0.1) is 9.39 Å². The lowest BCUT2D eigenvalue weighted by atomic mass is 10.1. The first-order valence-electron chi connectivity index (χ1n) is 9.11. The average Bonchev–Trinajstić information content (AvgIpc) is 3.03. The number of anilines is 1. The predicted octanol–water partition coefficient (Wildman–Crippen LogP) is 4.47. The second-order valence-electron chi connectivity index (χ2n) is 6.54. The van der Waals surface area contributed by atoms with Gasteiger partial charge in [0.1, 0.15) is 23.7 Å². The van der Waals surface area contributed by atoms with Crippen LogP contribution in [0.5, 0.6) is 5.75 Å². The van der Waals surface area contributed by atoms with E-state index in [-0.39, 0.29) is 18.0 Å². The maximum absolute atomic E-state index is 13.7. The van der Waals surface area contributed by atoms with Crippen molar-refractivity contribution >= 4 is 46.2 Å². The van der Waals surface area contributed by atoms with E-state index in [9.17, 15) is 14.0 Å². The Labute approximate surface area is 186 Å². The Hall–Kier alpha value is -3.20. The summed E-state index contributed by atoms with van der Waals surface area (Å²) in [6.07, 6.45) is 1.55. The van der Waals surface area contributed by atoms with Gasteiger partial charge in [-0.25, -0.2) is 9.40 Å². The molecule has 150 valence electrons. The highest BCUT2D eigenvalue weighted by molar-refractivity contribution is 14.1. The first-order chi connectivity index (χ1) is 14.5. The Kier molecular flexibility index (Phi) is 5.80. The number of ether oxygens (including phenoxy) is 1. The van der Waals surface area contributed by atoms with Crippen molar-refractivity contribution in [1.29, 1.82) is 0 Å². The summed E-state index contributed by atoms with van der Waals surface area (Å²) in [7, 11) is 0. The molecule has 0 bridgehead atoms. The standard InChI is InChI=1S/C23H16FIN2O3/c24-19-9-5-4-6-16(19)14-30-21-11-10-15(13-20(21)25)12-18-22(28)26-27(23(18)29)17-7-2-1-3-8-17/h1-13H,14H2,(H,26,28)/b18-12-. The van der Waals surface area contributed by atoms with Crippen LogP contribution in [0.2, 0.25) is 0 Å². The summed E-state index contributed by atoms with van der Waals surface area (Å²) < 4.78 is 20.3. The van der Waals surface area contributed by atoms with E-state index in [1.165, 1.54) is 11.1 Å². The van der Waals surface area contributed by atoms with Crippen molar-refractivity contribution in [3.8, 4) is 5.75 Å². The van der Waals surface area contributed by atoms with Gasteiger partial charge in [0.05, 0.1) is 9.26 Å². The fraction of sp³-hybridized carbons (Fsp3) is 0.0435. The summed E-state index contributed by atoms with van der Waals surface area (Å²) in [6, 6.07) is 20.6. The highest BCUT2D eigenvalue weighted by atomic mass is 127. The minimum Gasteiger partial charge on any atom is -0.488 e. The lowest BCUT2D eigenvalue weighted by molar-refractivity contribution is -0.117. The molecule has 0 saturated carbocycles. The number of nitrogens with zero attached hydrogens (tertiary/aromatic N) is 1. The van der Waals surface area contributed by atoms with Gasteiger partial charge in [-0.2, -0.15) is 0 Å². The van der Waals surface area contributed by atoms with Crippen molar-refractivity contribution in [2.75, 3.05) is 5.01 Å². The predicted molar refractivity (Wildman–Crippen MR) is 120 cm³/mol. The number of benzene rings is 3. The second-order valence-corrected chi connectivity index (χ2v) is 7.71. The zero-order valence-corrected chi connectivity index (χ0v) is 17.8. The van der Waals surface area contributed by atoms with E-state index in [1.54, 1.807) is 66.7 Å². The number of carbonyl (C=O) groups is 2. The Morgan fingerprint density at radius 1 is 1.00 bits per heavy atom. The van der Waals surface area contributed by atoms with E-state index < -0.39 is 11.8 Å². The molecule has 3 aromatic carbocycles. The minimum absolute atomic E-state index is 0.0506. The highest BCUT2D eigenvalue weighted by Gasteiger charge is 2.34. The van der Waals surface area contributed by atoms with Gasteiger partial charge in [-0.3, -0.25) is 15.0 Å². The molecule has 3 aromatic rings. The summed E-state index contributed by atoms with van der Waals surface area (Å²) in [5, 5.41) is 1.23. The molecule has 0 unspecified atom stereocenters. The van der Waals surface area contributed by atoms with Crippen LogP contribution in [-0.2, 0) is 16.2 Å². The number of halogens is 2. The molecule has 0 radical (unpaired) electrons. The molecular weight excluding hydrogens is 498 g/mol. The lowest BCUT2D eigenvalue weighted by Crippen LogP contribution is -2.35. The van der Waals surface area contributed by atoms with Crippen LogP contribution in [0.25, 0.3) is 6.08 Å². The monoisotopic (exact) mass is 514 g/mol. The Bertz CT molecular complexity index is 1150. The van der Waals surface area contributed by atoms with E-state index in [4.69, 9.17) is 4.74 Å². The minimum atomic E-state index is -0.459. The molecule has 1 saturated heterocycles. The summed E-state index contributed by atoms with van der Waals surface area (Å²) >= 11 is 2.10. The molecule has 4 rings (SSSR count). The Balaban J connectivity index is 1.51. The van der Waals surface area contributed by atoms with Gasteiger partial charge in [-0.1, -0.05) is 42.5 Å².